The normalized spacial score (nSPS) is 16.1. The first-order valence-corrected chi connectivity index (χ1v) is 9.60. The molecule has 8 heteroatoms. The Balaban J connectivity index is 1.77. The molecule has 2 aromatic heterocycles. The Labute approximate surface area is 169 Å². The molecule has 0 amide bonds. The zero-order valence-electron chi connectivity index (χ0n) is 15.2. The number of halogens is 1. The van der Waals surface area contributed by atoms with E-state index in [2.05, 4.69) is 15.3 Å². The van der Waals surface area contributed by atoms with E-state index in [1.165, 1.54) is 0 Å². The van der Waals surface area contributed by atoms with E-state index < -0.39 is 23.2 Å². The second-order valence-corrected chi connectivity index (χ2v) is 7.39. The molecule has 1 aliphatic heterocycles. The van der Waals surface area contributed by atoms with Gasteiger partial charge in [0.25, 0.3) is 5.56 Å². The Morgan fingerprint density at radius 3 is 2.62 bits per heavy atom. The van der Waals surface area contributed by atoms with Gasteiger partial charge in [-0.05, 0) is 30.2 Å². The highest BCUT2D eigenvalue weighted by Gasteiger charge is 2.31. The lowest BCUT2D eigenvalue weighted by atomic mass is 9.95. The summed E-state index contributed by atoms with van der Waals surface area (Å²) in [6, 6.07) is 14.0. The molecule has 0 saturated carbocycles. The van der Waals surface area contributed by atoms with Gasteiger partial charge in [0.05, 0.1) is 16.8 Å². The summed E-state index contributed by atoms with van der Waals surface area (Å²) in [6.45, 7) is 0.629. The van der Waals surface area contributed by atoms with Crippen molar-refractivity contribution in [2.24, 2.45) is 0 Å². The summed E-state index contributed by atoms with van der Waals surface area (Å²) < 4.78 is 1.03. The Kier molecular flexibility index (Phi) is 4.08. The quantitative estimate of drug-likeness (QED) is 0.409. The summed E-state index contributed by atoms with van der Waals surface area (Å²) in [7, 11) is 0. The van der Waals surface area contributed by atoms with E-state index in [1.807, 2.05) is 24.3 Å². The average molecular weight is 409 g/mol. The Morgan fingerprint density at radius 2 is 1.79 bits per heavy atom. The van der Waals surface area contributed by atoms with E-state index in [1.54, 1.807) is 24.3 Å². The summed E-state index contributed by atoms with van der Waals surface area (Å²) in [4.78, 5) is 30.9. The van der Waals surface area contributed by atoms with E-state index in [-0.39, 0.29) is 10.6 Å². The highest BCUT2D eigenvalue weighted by Crippen LogP contribution is 2.35. The predicted octanol–water partition coefficient (Wildman–Crippen LogP) is 2.60. The molecule has 0 aliphatic carbocycles. The van der Waals surface area contributed by atoms with Gasteiger partial charge < -0.3 is 15.4 Å². The molecule has 4 N–H and O–H groups in total. The number of para-hydroxylation sites is 2. The molecular formula is C21H17ClN4O3. The van der Waals surface area contributed by atoms with Gasteiger partial charge in [0.15, 0.2) is 0 Å². The van der Waals surface area contributed by atoms with Gasteiger partial charge in [0.2, 0.25) is 5.88 Å². The molecule has 0 radical (unpaired) electrons. The van der Waals surface area contributed by atoms with Crippen LogP contribution < -0.4 is 16.6 Å². The lowest BCUT2D eigenvalue weighted by molar-refractivity contribution is 0.410. The van der Waals surface area contributed by atoms with Gasteiger partial charge >= 0.3 is 5.69 Å². The van der Waals surface area contributed by atoms with Crippen molar-refractivity contribution in [3.05, 3.63) is 91.2 Å². The topological polar surface area (TPSA) is 103 Å². The van der Waals surface area contributed by atoms with Gasteiger partial charge in [-0.1, -0.05) is 41.9 Å². The minimum Gasteiger partial charge on any atom is -0.494 e. The SMILES string of the molecule is O=c1[nH]c(=O)n(-c2ccccc2Cl)c(O)c1[C@H]1NCCc2c1[nH]c1ccccc21. The highest BCUT2D eigenvalue weighted by atomic mass is 35.5. The number of fused-ring (bicyclic) bond motifs is 3. The molecule has 7 nitrogen and oxygen atoms in total. The second kappa shape index (κ2) is 6.65. The van der Waals surface area contributed by atoms with Crippen molar-refractivity contribution in [3.8, 4) is 11.6 Å². The Bertz CT molecular complexity index is 1370. The van der Waals surface area contributed by atoms with Crippen LogP contribution in [-0.4, -0.2) is 26.2 Å². The number of hydrogen-bond donors (Lipinski definition) is 4. The van der Waals surface area contributed by atoms with Crippen molar-refractivity contribution in [1.29, 1.82) is 0 Å². The van der Waals surface area contributed by atoms with E-state index in [9.17, 15) is 14.7 Å². The minimum atomic E-state index is -0.753. The van der Waals surface area contributed by atoms with Crippen LogP contribution in [0.2, 0.25) is 5.02 Å². The third-order valence-corrected chi connectivity index (χ3v) is 5.68. The van der Waals surface area contributed by atoms with Crippen molar-refractivity contribution >= 4 is 22.5 Å². The maximum atomic E-state index is 12.7. The fourth-order valence-corrected chi connectivity index (χ4v) is 4.30. The third kappa shape index (κ3) is 2.70. The fraction of sp³-hybridized carbons (Fsp3) is 0.143. The fourth-order valence-electron chi connectivity index (χ4n) is 4.08. The van der Waals surface area contributed by atoms with E-state index in [0.717, 1.165) is 33.1 Å². The van der Waals surface area contributed by atoms with Crippen LogP contribution in [0.5, 0.6) is 5.88 Å². The largest absolute Gasteiger partial charge is 0.494 e. The smallest absolute Gasteiger partial charge is 0.335 e. The Hall–Kier alpha value is -3.29. The summed E-state index contributed by atoms with van der Waals surface area (Å²) in [5, 5.41) is 15.7. The molecule has 0 spiro atoms. The number of nitrogens with one attached hydrogen (secondary N) is 3. The second-order valence-electron chi connectivity index (χ2n) is 6.98. The molecule has 5 rings (SSSR count). The number of benzene rings is 2. The first kappa shape index (κ1) is 17.8. The number of H-pyrrole nitrogens is 2. The summed E-state index contributed by atoms with van der Waals surface area (Å²) in [6.07, 6.45) is 0.790. The summed E-state index contributed by atoms with van der Waals surface area (Å²) in [5.41, 5.74) is 1.83. The van der Waals surface area contributed by atoms with Gasteiger partial charge in [-0.2, -0.15) is 0 Å². The summed E-state index contributed by atoms with van der Waals surface area (Å²) in [5.74, 6) is -0.434. The number of aromatic amines is 2. The van der Waals surface area contributed by atoms with Crippen LogP contribution in [0.15, 0.2) is 58.1 Å². The number of nitrogens with zero attached hydrogens (tertiary/aromatic N) is 1. The third-order valence-electron chi connectivity index (χ3n) is 5.36. The van der Waals surface area contributed by atoms with Gasteiger partial charge in [0.1, 0.15) is 5.56 Å². The molecule has 29 heavy (non-hydrogen) atoms. The minimum absolute atomic E-state index is 0.0667. The van der Waals surface area contributed by atoms with Gasteiger partial charge in [-0.15, -0.1) is 0 Å². The van der Waals surface area contributed by atoms with Crippen LogP contribution in [-0.2, 0) is 6.42 Å². The van der Waals surface area contributed by atoms with E-state index in [0.29, 0.717) is 12.2 Å². The molecule has 2 aromatic carbocycles. The van der Waals surface area contributed by atoms with E-state index in [4.69, 9.17) is 11.6 Å². The molecule has 0 unspecified atom stereocenters. The standard InChI is InChI=1S/C21H17ClN4O3/c22-13-6-2-4-8-15(13)26-20(28)16(19(27)25-21(26)29)18-17-12(9-10-23-18)11-5-1-3-7-14(11)24-17/h1-8,18,23-24,28H,9-10H2,(H,25,27,29)/t18-/m1/s1. The maximum absolute atomic E-state index is 12.7. The van der Waals surface area contributed by atoms with Crippen LogP contribution in [0.1, 0.15) is 22.9 Å². The lowest BCUT2D eigenvalue weighted by Gasteiger charge is -2.25. The molecular weight excluding hydrogens is 392 g/mol. The number of hydrogen-bond acceptors (Lipinski definition) is 4. The molecule has 4 aromatic rings. The Morgan fingerprint density at radius 1 is 1.03 bits per heavy atom. The van der Waals surface area contributed by atoms with Crippen molar-refractivity contribution in [2.75, 3.05) is 6.54 Å². The van der Waals surface area contributed by atoms with Gasteiger partial charge in [0, 0.05) is 23.1 Å². The van der Waals surface area contributed by atoms with Crippen molar-refractivity contribution < 1.29 is 5.11 Å². The monoisotopic (exact) mass is 408 g/mol. The molecule has 3 heterocycles. The van der Waals surface area contributed by atoms with Crippen LogP contribution in [0, 0.1) is 0 Å². The molecule has 0 fully saturated rings. The lowest BCUT2D eigenvalue weighted by Crippen LogP contribution is -2.38. The number of aromatic nitrogens is 3. The van der Waals surface area contributed by atoms with Gasteiger partial charge in [-0.25, -0.2) is 9.36 Å². The van der Waals surface area contributed by atoms with E-state index >= 15 is 0 Å². The maximum Gasteiger partial charge on any atom is 0.335 e. The van der Waals surface area contributed by atoms with Gasteiger partial charge in [-0.3, -0.25) is 9.78 Å². The molecule has 0 bridgehead atoms. The van der Waals surface area contributed by atoms with Crippen LogP contribution in [0.3, 0.4) is 0 Å². The zero-order valence-corrected chi connectivity index (χ0v) is 16.0. The molecule has 1 atom stereocenters. The zero-order chi connectivity index (χ0) is 20.1. The van der Waals surface area contributed by atoms with Crippen molar-refractivity contribution in [2.45, 2.75) is 12.5 Å². The molecule has 146 valence electrons. The first-order chi connectivity index (χ1) is 14.1. The van der Waals surface area contributed by atoms with Crippen LogP contribution in [0.25, 0.3) is 16.6 Å². The predicted molar refractivity (Wildman–Crippen MR) is 111 cm³/mol. The highest BCUT2D eigenvalue weighted by molar-refractivity contribution is 6.32. The molecule has 0 saturated heterocycles. The van der Waals surface area contributed by atoms with Crippen LogP contribution in [0.4, 0.5) is 0 Å². The van der Waals surface area contributed by atoms with Crippen molar-refractivity contribution in [3.63, 3.8) is 0 Å². The molecule has 1 aliphatic rings. The average Bonchev–Trinajstić information content (AvgIpc) is 3.09. The number of rotatable bonds is 2. The van der Waals surface area contributed by atoms with Crippen molar-refractivity contribution in [1.82, 2.24) is 19.9 Å². The first-order valence-electron chi connectivity index (χ1n) is 9.22. The van der Waals surface area contributed by atoms with Crippen LogP contribution >= 0.6 is 11.6 Å². The number of aromatic hydroxyl groups is 1. The summed E-state index contributed by atoms with van der Waals surface area (Å²) >= 11 is 6.23.